The smallest absolute Gasteiger partial charge is 0.0144 e. The fourth-order valence-corrected chi connectivity index (χ4v) is 4.16. The minimum Gasteiger partial charge on any atom is -0.311 e. The average Bonchev–Trinajstić information content (AvgIpc) is 2.29. The molecule has 2 N–H and O–H groups in total. The highest BCUT2D eigenvalue weighted by atomic mass is 15.1. The lowest BCUT2D eigenvalue weighted by Crippen LogP contribution is -2.62. The maximum absolute atomic E-state index is 3.90. The highest BCUT2D eigenvalue weighted by Gasteiger charge is 2.37. The first-order valence-corrected chi connectivity index (χ1v) is 9.19. The normalized spacial score (nSPS) is 24.7. The van der Waals surface area contributed by atoms with E-state index in [-0.39, 0.29) is 11.1 Å². The molecule has 2 nitrogen and oxygen atoms in total. The Morgan fingerprint density at radius 3 is 2.10 bits per heavy atom. The zero-order valence-corrected chi connectivity index (χ0v) is 15.7. The van der Waals surface area contributed by atoms with Gasteiger partial charge in [0, 0.05) is 23.2 Å². The summed E-state index contributed by atoms with van der Waals surface area (Å²) in [6.45, 7) is 16.4. The number of hydrogen-bond donors (Lipinski definition) is 2. The summed E-state index contributed by atoms with van der Waals surface area (Å²) in [4.78, 5) is 0. The summed E-state index contributed by atoms with van der Waals surface area (Å²) in [5.41, 5.74) is 0.487. The van der Waals surface area contributed by atoms with Gasteiger partial charge in [-0.2, -0.15) is 0 Å². The molecule has 1 saturated heterocycles. The summed E-state index contributed by atoms with van der Waals surface area (Å²) in [6, 6.07) is 1.29. The Hall–Kier alpha value is -0.0800. The first kappa shape index (κ1) is 19.0. The lowest BCUT2D eigenvalue weighted by Gasteiger charge is -2.47. The van der Waals surface area contributed by atoms with Crippen LogP contribution in [0.3, 0.4) is 0 Å². The molecule has 21 heavy (non-hydrogen) atoms. The zero-order valence-electron chi connectivity index (χ0n) is 15.7. The summed E-state index contributed by atoms with van der Waals surface area (Å²) >= 11 is 0. The van der Waals surface area contributed by atoms with Crippen molar-refractivity contribution in [2.75, 3.05) is 0 Å². The van der Waals surface area contributed by atoms with Crippen LogP contribution in [-0.2, 0) is 0 Å². The van der Waals surface area contributed by atoms with Crippen LogP contribution in [0.25, 0.3) is 0 Å². The highest BCUT2D eigenvalue weighted by molar-refractivity contribution is 4.99. The second kappa shape index (κ2) is 7.97. The third-order valence-corrected chi connectivity index (χ3v) is 4.85. The molecule has 0 bridgehead atoms. The third-order valence-electron chi connectivity index (χ3n) is 4.85. The standard InChI is InChI=1S/C19H40N2/c1-8-9-10-15(2)11-12-16(3)20-17-13-18(4,5)21-19(6,7)14-17/h15-17,20-21H,8-14H2,1-7H3. The van der Waals surface area contributed by atoms with Crippen LogP contribution in [0.1, 0.15) is 93.4 Å². The van der Waals surface area contributed by atoms with Gasteiger partial charge in [0.25, 0.3) is 0 Å². The minimum absolute atomic E-state index is 0.244. The van der Waals surface area contributed by atoms with Gasteiger partial charge in [0.05, 0.1) is 0 Å². The monoisotopic (exact) mass is 296 g/mol. The van der Waals surface area contributed by atoms with Gasteiger partial charge in [-0.3, -0.25) is 0 Å². The number of piperidine rings is 1. The minimum atomic E-state index is 0.244. The van der Waals surface area contributed by atoms with Crippen molar-refractivity contribution in [3.8, 4) is 0 Å². The molecule has 1 fully saturated rings. The van der Waals surface area contributed by atoms with E-state index in [9.17, 15) is 0 Å². The van der Waals surface area contributed by atoms with Gasteiger partial charge in [0.15, 0.2) is 0 Å². The van der Waals surface area contributed by atoms with Crippen LogP contribution < -0.4 is 10.6 Å². The second-order valence-corrected chi connectivity index (χ2v) is 8.89. The van der Waals surface area contributed by atoms with Gasteiger partial charge in [-0.25, -0.2) is 0 Å². The van der Waals surface area contributed by atoms with Crippen LogP contribution in [-0.4, -0.2) is 23.2 Å². The van der Waals surface area contributed by atoms with Crippen molar-refractivity contribution in [3.63, 3.8) is 0 Å². The quantitative estimate of drug-likeness (QED) is 0.667. The van der Waals surface area contributed by atoms with Crippen LogP contribution in [0.5, 0.6) is 0 Å². The fraction of sp³-hybridized carbons (Fsp3) is 1.00. The van der Waals surface area contributed by atoms with Crippen molar-refractivity contribution in [3.05, 3.63) is 0 Å². The van der Waals surface area contributed by atoms with E-state index >= 15 is 0 Å². The van der Waals surface area contributed by atoms with Gasteiger partial charge in [0.1, 0.15) is 0 Å². The molecule has 1 aliphatic rings. The van der Waals surface area contributed by atoms with Crippen LogP contribution in [0.2, 0.25) is 0 Å². The van der Waals surface area contributed by atoms with E-state index in [2.05, 4.69) is 59.1 Å². The van der Waals surface area contributed by atoms with Crippen LogP contribution in [0.15, 0.2) is 0 Å². The molecule has 0 aliphatic carbocycles. The molecule has 1 rings (SSSR count). The first-order valence-electron chi connectivity index (χ1n) is 9.19. The number of nitrogens with one attached hydrogen (secondary N) is 2. The van der Waals surface area contributed by atoms with Gasteiger partial charge < -0.3 is 10.6 Å². The zero-order chi connectivity index (χ0) is 16.1. The lowest BCUT2D eigenvalue weighted by atomic mass is 9.79. The van der Waals surface area contributed by atoms with E-state index in [1.165, 1.54) is 44.9 Å². The maximum atomic E-state index is 3.90. The number of hydrogen-bond acceptors (Lipinski definition) is 2. The van der Waals surface area contributed by atoms with Crippen LogP contribution >= 0.6 is 0 Å². The van der Waals surface area contributed by atoms with E-state index in [1.807, 2.05) is 0 Å². The van der Waals surface area contributed by atoms with Crippen molar-refractivity contribution in [2.24, 2.45) is 5.92 Å². The van der Waals surface area contributed by atoms with E-state index in [1.54, 1.807) is 0 Å². The molecular weight excluding hydrogens is 256 g/mol. The highest BCUT2D eigenvalue weighted by Crippen LogP contribution is 2.29. The molecule has 0 radical (unpaired) electrons. The maximum Gasteiger partial charge on any atom is 0.0144 e. The van der Waals surface area contributed by atoms with E-state index in [0.29, 0.717) is 12.1 Å². The molecule has 2 atom stereocenters. The number of unbranched alkanes of at least 4 members (excludes halogenated alkanes) is 1. The molecule has 0 amide bonds. The Balaban J connectivity index is 2.35. The molecule has 1 aliphatic heterocycles. The molecule has 2 heteroatoms. The Morgan fingerprint density at radius 1 is 1.00 bits per heavy atom. The van der Waals surface area contributed by atoms with Gasteiger partial charge in [0.2, 0.25) is 0 Å². The summed E-state index contributed by atoms with van der Waals surface area (Å²) in [7, 11) is 0. The van der Waals surface area contributed by atoms with Crippen molar-refractivity contribution >= 4 is 0 Å². The molecule has 126 valence electrons. The first-order chi connectivity index (χ1) is 9.63. The average molecular weight is 297 g/mol. The summed E-state index contributed by atoms with van der Waals surface area (Å²) in [6.07, 6.45) is 9.26. The predicted molar refractivity (Wildman–Crippen MR) is 94.8 cm³/mol. The molecule has 0 aromatic carbocycles. The molecule has 0 saturated carbocycles. The van der Waals surface area contributed by atoms with Crippen molar-refractivity contribution < 1.29 is 0 Å². The van der Waals surface area contributed by atoms with Crippen molar-refractivity contribution in [1.29, 1.82) is 0 Å². The van der Waals surface area contributed by atoms with E-state index in [0.717, 1.165) is 5.92 Å². The molecule has 0 aromatic rings. The lowest BCUT2D eigenvalue weighted by molar-refractivity contribution is 0.139. The predicted octanol–water partition coefficient (Wildman–Crippen LogP) is 4.88. The van der Waals surface area contributed by atoms with Gasteiger partial charge in [-0.1, -0.05) is 33.1 Å². The Kier molecular flexibility index (Phi) is 7.19. The SMILES string of the molecule is CCCCC(C)CCC(C)NC1CC(C)(C)NC(C)(C)C1. The molecular formula is C19H40N2. The van der Waals surface area contributed by atoms with Crippen molar-refractivity contribution in [1.82, 2.24) is 10.6 Å². The van der Waals surface area contributed by atoms with Crippen LogP contribution in [0.4, 0.5) is 0 Å². The van der Waals surface area contributed by atoms with Gasteiger partial charge >= 0.3 is 0 Å². The van der Waals surface area contributed by atoms with Crippen molar-refractivity contribution in [2.45, 2.75) is 117 Å². The third kappa shape index (κ3) is 7.65. The Labute approximate surface area is 133 Å². The Bertz CT molecular complexity index is 280. The van der Waals surface area contributed by atoms with E-state index in [4.69, 9.17) is 0 Å². The summed E-state index contributed by atoms with van der Waals surface area (Å²) in [5.74, 6) is 0.884. The molecule has 2 unspecified atom stereocenters. The summed E-state index contributed by atoms with van der Waals surface area (Å²) in [5, 5.41) is 7.67. The molecule has 1 heterocycles. The largest absolute Gasteiger partial charge is 0.311 e. The molecule has 0 aromatic heterocycles. The summed E-state index contributed by atoms with van der Waals surface area (Å²) < 4.78 is 0. The second-order valence-electron chi connectivity index (χ2n) is 8.89. The van der Waals surface area contributed by atoms with Crippen LogP contribution in [0, 0.1) is 5.92 Å². The number of rotatable bonds is 8. The Morgan fingerprint density at radius 2 is 1.57 bits per heavy atom. The van der Waals surface area contributed by atoms with Gasteiger partial charge in [-0.05, 0) is 66.2 Å². The van der Waals surface area contributed by atoms with Gasteiger partial charge in [-0.15, -0.1) is 0 Å². The van der Waals surface area contributed by atoms with E-state index < -0.39 is 0 Å². The topological polar surface area (TPSA) is 24.1 Å². The molecule has 0 spiro atoms. The fourth-order valence-electron chi connectivity index (χ4n) is 4.16.